The third-order valence-corrected chi connectivity index (χ3v) is 4.04. The topological polar surface area (TPSA) is 60.8 Å². The molecule has 1 amide bonds. The molecule has 1 aliphatic heterocycles. The van der Waals surface area contributed by atoms with Crippen LogP contribution in [0.15, 0.2) is 29.2 Å². The minimum absolute atomic E-state index is 0.0782. The van der Waals surface area contributed by atoms with Gasteiger partial charge in [-0.15, -0.1) is 11.8 Å². The van der Waals surface area contributed by atoms with Gasteiger partial charge < -0.3 is 15.1 Å². The Morgan fingerprint density at radius 1 is 1.28 bits per heavy atom. The average molecular weight is 288 g/mol. The number of thioether (sulfide) groups is 1. The van der Waals surface area contributed by atoms with Crippen molar-refractivity contribution < 1.29 is 15.0 Å². The molecule has 0 bridgehead atoms. The van der Waals surface area contributed by atoms with Crippen LogP contribution in [0, 0.1) is 0 Å². The number of carbonyl (C=O) groups excluding carboxylic acids is 1. The van der Waals surface area contributed by atoms with E-state index in [9.17, 15) is 15.0 Å². The lowest BCUT2D eigenvalue weighted by Gasteiger charge is -2.14. The van der Waals surface area contributed by atoms with Gasteiger partial charge in [-0.2, -0.15) is 0 Å². The van der Waals surface area contributed by atoms with Crippen LogP contribution in [0.5, 0.6) is 0 Å². The van der Waals surface area contributed by atoms with E-state index in [1.54, 1.807) is 12.1 Å². The molecule has 98 valence electrons. The van der Waals surface area contributed by atoms with Crippen molar-refractivity contribution >= 4 is 29.3 Å². The fraction of sp³-hybridized carbons (Fsp3) is 0.417. The number of likely N-dealkylation sites (tertiary alicyclic amines) is 1. The number of benzene rings is 1. The third-order valence-electron chi connectivity index (χ3n) is 2.79. The number of aliphatic hydroxyl groups excluding tert-OH is 2. The number of amides is 1. The number of carbonyl (C=O) groups is 1. The summed E-state index contributed by atoms with van der Waals surface area (Å²) in [6.07, 6.45) is -1.65. The fourth-order valence-electron chi connectivity index (χ4n) is 1.74. The van der Waals surface area contributed by atoms with Crippen molar-refractivity contribution in [1.29, 1.82) is 0 Å². The molecule has 1 aromatic rings. The number of hydrogen-bond acceptors (Lipinski definition) is 4. The van der Waals surface area contributed by atoms with Crippen LogP contribution in [0.3, 0.4) is 0 Å². The zero-order valence-corrected chi connectivity index (χ0v) is 11.2. The van der Waals surface area contributed by atoms with Gasteiger partial charge in [-0.1, -0.05) is 11.6 Å². The van der Waals surface area contributed by atoms with Crippen molar-refractivity contribution in [3.63, 3.8) is 0 Å². The summed E-state index contributed by atoms with van der Waals surface area (Å²) < 4.78 is 0. The van der Waals surface area contributed by atoms with E-state index < -0.39 is 12.2 Å². The molecular formula is C12H14ClNO3S. The lowest BCUT2D eigenvalue weighted by Crippen LogP contribution is -2.31. The first-order valence-electron chi connectivity index (χ1n) is 5.58. The minimum atomic E-state index is -0.825. The normalized spacial score (nSPS) is 23.4. The van der Waals surface area contributed by atoms with E-state index in [4.69, 9.17) is 11.6 Å². The largest absolute Gasteiger partial charge is 0.388 e. The number of hydrogen-bond donors (Lipinski definition) is 2. The Labute approximate surface area is 115 Å². The lowest BCUT2D eigenvalue weighted by atomic mass is 10.3. The van der Waals surface area contributed by atoms with E-state index in [2.05, 4.69) is 0 Å². The Hall–Kier alpha value is -0.750. The summed E-state index contributed by atoms with van der Waals surface area (Å²) in [5.74, 6) is 0.215. The SMILES string of the molecule is O=C(CSc1ccc(Cl)cc1)N1C[C@@H](O)[C@@H](O)C1. The van der Waals surface area contributed by atoms with Crippen LogP contribution in [0.25, 0.3) is 0 Å². The Bertz CT molecular complexity index is 416. The van der Waals surface area contributed by atoms with Gasteiger partial charge in [-0.3, -0.25) is 4.79 Å². The molecule has 0 unspecified atom stereocenters. The van der Waals surface area contributed by atoms with Crippen LogP contribution in [-0.4, -0.2) is 52.1 Å². The maximum atomic E-state index is 11.8. The number of β-amino-alcohol motifs (C(OH)–C–C–N with tert-alkyl or cyclic N) is 2. The second-order valence-electron chi connectivity index (χ2n) is 4.18. The van der Waals surface area contributed by atoms with Gasteiger partial charge in [0.05, 0.1) is 18.0 Å². The van der Waals surface area contributed by atoms with Gasteiger partial charge in [0, 0.05) is 23.0 Å². The Kier molecular flexibility index (Phi) is 4.50. The standard InChI is InChI=1S/C12H14ClNO3S/c13-8-1-3-9(4-2-8)18-7-12(17)14-5-10(15)11(16)6-14/h1-4,10-11,15-16H,5-7H2/t10-,11+. The van der Waals surface area contributed by atoms with E-state index in [1.165, 1.54) is 16.7 Å². The average Bonchev–Trinajstić information content (AvgIpc) is 2.69. The van der Waals surface area contributed by atoms with Crippen LogP contribution in [0.4, 0.5) is 0 Å². The van der Waals surface area contributed by atoms with Gasteiger partial charge >= 0.3 is 0 Å². The predicted octanol–water partition coefficient (Wildman–Crippen LogP) is 0.996. The number of rotatable bonds is 3. The molecule has 0 radical (unpaired) electrons. The second kappa shape index (κ2) is 5.93. The van der Waals surface area contributed by atoms with Gasteiger partial charge in [0.15, 0.2) is 0 Å². The van der Waals surface area contributed by atoms with E-state index in [1.807, 2.05) is 12.1 Å². The highest BCUT2D eigenvalue weighted by molar-refractivity contribution is 8.00. The molecule has 0 saturated carbocycles. The van der Waals surface area contributed by atoms with Gasteiger partial charge in [0.25, 0.3) is 0 Å². The van der Waals surface area contributed by atoms with Crippen molar-refractivity contribution in [1.82, 2.24) is 4.90 Å². The zero-order valence-electron chi connectivity index (χ0n) is 9.62. The van der Waals surface area contributed by atoms with Gasteiger partial charge in [0.2, 0.25) is 5.91 Å². The van der Waals surface area contributed by atoms with Crippen molar-refractivity contribution in [2.75, 3.05) is 18.8 Å². The fourth-order valence-corrected chi connectivity index (χ4v) is 2.67. The predicted molar refractivity (Wildman–Crippen MR) is 70.8 cm³/mol. The first-order chi connectivity index (χ1) is 8.56. The van der Waals surface area contributed by atoms with Crippen molar-refractivity contribution in [3.05, 3.63) is 29.3 Å². The molecule has 0 aliphatic carbocycles. The lowest BCUT2D eigenvalue weighted by molar-refractivity contribution is -0.127. The van der Waals surface area contributed by atoms with Gasteiger partial charge in [-0.05, 0) is 24.3 Å². The van der Waals surface area contributed by atoms with Crippen LogP contribution < -0.4 is 0 Å². The van der Waals surface area contributed by atoms with E-state index in [0.717, 1.165) is 4.90 Å². The molecule has 4 nitrogen and oxygen atoms in total. The molecule has 2 N–H and O–H groups in total. The smallest absolute Gasteiger partial charge is 0.233 e. The maximum Gasteiger partial charge on any atom is 0.233 e. The van der Waals surface area contributed by atoms with Crippen LogP contribution in [0.2, 0.25) is 5.02 Å². The summed E-state index contributed by atoms with van der Waals surface area (Å²) in [6, 6.07) is 7.26. The molecule has 0 spiro atoms. The molecule has 2 rings (SSSR count). The summed E-state index contributed by atoms with van der Waals surface area (Å²) >= 11 is 7.18. The third kappa shape index (κ3) is 3.38. The zero-order chi connectivity index (χ0) is 13.1. The number of nitrogens with zero attached hydrogens (tertiary/aromatic N) is 1. The van der Waals surface area contributed by atoms with Crippen LogP contribution in [0.1, 0.15) is 0 Å². The molecule has 18 heavy (non-hydrogen) atoms. The molecule has 6 heteroatoms. The van der Waals surface area contributed by atoms with Crippen LogP contribution >= 0.6 is 23.4 Å². The molecule has 1 aromatic carbocycles. The van der Waals surface area contributed by atoms with Gasteiger partial charge in [-0.25, -0.2) is 0 Å². The summed E-state index contributed by atoms with van der Waals surface area (Å²) in [5, 5.41) is 19.4. The quantitative estimate of drug-likeness (QED) is 0.814. The molecule has 0 aromatic heterocycles. The Balaban J connectivity index is 1.83. The van der Waals surface area contributed by atoms with E-state index in [0.29, 0.717) is 10.8 Å². The monoisotopic (exact) mass is 287 g/mol. The van der Waals surface area contributed by atoms with Crippen molar-refractivity contribution in [3.8, 4) is 0 Å². The van der Waals surface area contributed by atoms with Crippen molar-refractivity contribution in [2.45, 2.75) is 17.1 Å². The van der Waals surface area contributed by atoms with Crippen molar-refractivity contribution in [2.24, 2.45) is 0 Å². The highest BCUT2D eigenvalue weighted by Gasteiger charge is 2.32. The highest BCUT2D eigenvalue weighted by atomic mass is 35.5. The van der Waals surface area contributed by atoms with Crippen LogP contribution in [-0.2, 0) is 4.79 Å². The Morgan fingerprint density at radius 3 is 2.39 bits per heavy atom. The summed E-state index contributed by atoms with van der Waals surface area (Å²) in [4.78, 5) is 14.3. The van der Waals surface area contributed by atoms with E-state index >= 15 is 0 Å². The summed E-state index contributed by atoms with van der Waals surface area (Å²) in [6.45, 7) is 0.419. The first-order valence-corrected chi connectivity index (χ1v) is 6.95. The summed E-state index contributed by atoms with van der Waals surface area (Å²) in [5.41, 5.74) is 0. The molecule has 1 aliphatic rings. The van der Waals surface area contributed by atoms with E-state index in [-0.39, 0.29) is 19.0 Å². The number of aliphatic hydroxyl groups is 2. The maximum absolute atomic E-state index is 11.8. The Morgan fingerprint density at radius 2 is 1.83 bits per heavy atom. The molecular weight excluding hydrogens is 274 g/mol. The number of halogens is 1. The molecule has 2 atom stereocenters. The molecule has 1 heterocycles. The minimum Gasteiger partial charge on any atom is -0.388 e. The second-order valence-corrected chi connectivity index (χ2v) is 5.66. The first kappa shape index (κ1) is 13.7. The highest BCUT2D eigenvalue weighted by Crippen LogP contribution is 2.21. The molecule has 1 saturated heterocycles. The van der Waals surface area contributed by atoms with Gasteiger partial charge in [0.1, 0.15) is 0 Å². The molecule has 1 fully saturated rings. The summed E-state index contributed by atoms with van der Waals surface area (Å²) in [7, 11) is 0.